The Bertz CT molecular complexity index is 4140. The first-order valence-electron chi connectivity index (χ1n) is 20.3. The minimum atomic E-state index is 0.467. The first kappa shape index (κ1) is 33.9. The van der Waals surface area contributed by atoms with Gasteiger partial charge in [0.1, 0.15) is 22.8 Å². The second-order valence-electron chi connectivity index (χ2n) is 15.5. The second kappa shape index (κ2) is 12.8. The number of furan rings is 2. The molecule has 62 heavy (non-hydrogen) atoms. The maximum atomic E-state index is 11.2. The number of para-hydroxylation sites is 4. The molecule has 0 amide bonds. The van der Waals surface area contributed by atoms with Gasteiger partial charge in [0.25, 0.3) is 0 Å². The Labute approximate surface area is 351 Å². The van der Waals surface area contributed by atoms with Crippen LogP contribution >= 0.6 is 0 Å². The summed E-state index contributed by atoms with van der Waals surface area (Å²) in [5, 5.41) is 28.9. The molecule has 0 atom stereocenters. The Morgan fingerprint density at radius 1 is 0.468 bits per heavy atom. The van der Waals surface area contributed by atoms with Gasteiger partial charge in [0.2, 0.25) is 5.71 Å². The summed E-state index contributed by atoms with van der Waals surface area (Å²) in [6, 6.07) is 61.3. The van der Waals surface area contributed by atoms with Crippen LogP contribution in [0.5, 0.6) is 0 Å². The Hall–Kier alpha value is -8.98. The first-order valence-corrected chi connectivity index (χ1v) is 20.3. The van der Waals surface area contributed by atoms with Crippen molar-refractivity contribution in [3.8, 4) is 46.2 Å². The largest absolute Gasteiger partial charge is 0.455 e. The molecule has 5 heterocycles. The third kappa shape index (κ3) is 4.63. The summed E-state index contributed by atoms with van der Waals surface area (Å²) in [5.41, 5.74) is 11.4. The van der Waals surface area contributed by atoms with E-state index in [2.05, 4.69) is 63.7 Å². The lowest BCUT2D eigenvalue weighted by molar-refractivity contribution is 0.653. The lowest BCUT2D eigenvalue weighted by Gasteiger charge is -2.14. The highest BCUT2D eigenvalue weighted by molar-refractivity contribution is 6.39. The van der Waals surface area contributed by atoms with Crippen molar-refractivity contribution in [1.29, 1.82) is 10.5 Å². The van der Waals surface area contributed by atoms with Gasteiger partial charge >= 0.3 is 0 Å². The average Bonchev–Trinajstić information content (AvgIpc) is 4.09. The van der Waals surface area contributed by atoms with E-state index in [4.69, 9.17) is 18.8 Å². The van der Waals surface area contributed by atoms with Gasteiger partial charge in [0, 0.05) is 43.7 Å². The van der Waals surface area contributed by atoms with E-state index in [1.165, 1.54) is 0 Å². The zero-order valence-corrected chi connectivity index (χ0v) is 32.7. The van der Waals surface area contributed by atoms with Crippen LogP contribution in [-0.2, 0) is 0 Å². The molecule has 8 nitrogen and oxygen atoms in total. The van der Waals surface area contributed by atoms with Crippen LogP contribution < -0.4 is 0 Å². The lowest BCUT2D eigenvalue weighted by Crippen LogP contribution is -2.00. The zero-order valence-electron chi connectivity index (χ0n) is 32.7. The molecule has 0 aliphatic heterocycles. The Morgan fingerprint density at radius 3 is 1.85 bits per heavy atom. The van der Waals surface area contributed by atoms with Crippen molar-refractivity contribution in [1.82, 2.24) is 19.1 Å². The van der Waals surface area contributed by atoms with Crippen molar-refractivity contribution >= 4 is 87.6 Å². The van der Waals surface area contributed by atoms with Crippen LogP contribution in [-0.4, -0.2) is 19.1 Å². The minimum absolute atomic E-state index is 0.467. The molecule has 0 saturated carbocycles. The highest BCUT2D eigenvalue weighted by atomic mass is 16.3. The molecule has 0 spiro atoms. The number of nitrogens with zero attached hydrogens (tertiary/aromatic N) is 6. The van der Waals surface area contributed by atoms with Gasteiger partial charge in [-0.05, 0) is 54.6 Å². The van der Waals surface area contributed by atoms with Crippen LogP contribution in [0.15, 0.2) is 179 Å². The van der Waals surface area contributed by atoms with Crippen LogP contribution in [0.25, 0.3) is 122 Å². The fraction of sp³-hybridized carbons (Fsp3) is 0. The van der Waals surface area contributed by atoms with Crippen LogP contribution in [0.4, 0.5) is 0 Å². The predicted octanol–water partition coefficient (Wildman–Crippen LogP) is 13.5. The van der Waals surface area contributed by atoms with Crippen LogP contribution in [0.3, 0.4) is 0 Å². The third-order valence-corrected chi connectivity index (χ3v) is 12.2. The number of aromatic nitrogens is 4. The second-order valence-corrected chi connectivity index (χ2v) is 15.5. The van der Waals surface area contributed by atoms with E-state index in [0.29, 0.717) is 39.6 Å². The summed E-state index contributed by atoms with van der Waals surface area (Å²) in [7, 11) is 0. The van der Waals surface area contributed by atoms with Gasteiger partial charge in [-0.2, -0.15) is 15.5 Å². The molecule has 8 heteroatoms. The Kier molecular flexibility index (Phi) is 6.98. The molecular weight excluding hydrogens is 765 g/mol. The molecule has 8 aromatic carbocycles. The molecule has 0 fully saturated rings. The maximum Gasteiger partial charge on any atom is 0.231 e. The Morgan fingerprint density at radius 2 is 1.10 bits per heavy atom. The van der Waals surface area contributed by atoms with Gasteiger partial charge in [-0.1, -0.05) is 115 Å². The average molecular weight is 793 g/mol. The molecule has 13 aromatic rings. The summed E-state index contributed by atoms with van der Waals surface area (Å²) in [6.07, 6.45) is 0. The first-order chi connectivity index (χ1) is 30.7. The SMILES string of the molecule is N#Cc1cccc(-n2c3ccccc3c3c4oc5ccccc5c4c4c(c5ccccc5n4-c4ccc(-c5nc(-c6ccccc6)nc6oc7ccccc7c56)cc4C#N)c32)c1. The molecule has 0 saturated heterocycles. The van der Waals surface area contributed by atoms with E-state index in [-0.39, 0.29) is 0 Å². The standard InChI is InChI=1S/C54H28N6O2/c55-29-31-13-12-16-35(27-31)59-41-21-8-5-18-37(41)47-50(59)46-36-17-4-9-22-42(36)60(51(46)48-39-20-7-10-23-43(39)61-52(47)48)40-26-25-33(28-34(40)30-56)49-45-38-19-6-11-24-44(38)62-54(45)58-53(57-49)32-14-2-1-3-15-32/h1-28H. The minimum Gasteiger partial charge on any atom is -0.455 e. The number of hydrogen-bond donors (Lipinski definition) is 0. The fourth-order valence-electron chi connectivity index (χ4n) is 9.63. The maximum absolute atomic E-state index is 11.2. The summed E-state index contributed by atoms with van der Waals surface area (Å²) < 4.78 is 17.8. The van der Waals surface area contributed by atoms with Crippen molar-refractivity contribution in [2.24, 2.45) is 0 Å². The van der Waals surface area contributed by atoms with Crippen molar-refractivity contribution in [2.75, 3.05) is 0 Å². The number of hydrogen-bond acceptors (Lipinski definition) is 6. The topological polar surface area (TPSA) is 110 Å². The summed E-state index contributed by atoms with van der Waals surface area (Å²) >= 11 is 0. The van der Waals surface area contributed by atoms with Gasteiger partial charge in [-0.15, -0.1) is 0 Å². The quantitative estimate of drug-likeness (QED) is 0.175. The molecule has 13 rings (SSSR count). The van der Waals surface area contributed by atoms with Gasteiger partial charge < -0.3 is 18.0 Å². The molecule has 0 unspecified atom stereocenters. The monoisotopic (exact) mass is 792 g/mol. The van der Waals surface area contributed by atoms with E-state index in [1.54, 1.807) is 0 Å². The van der Waals surface area contributed by atoms with E-state index < -0.39 is 0 Å². The molecular formula is C54H28N6O2. The van der Waals surface area contributed by atoms with Gasteiger partial charge in [-0.25, -0.2) is 4.98 Å². The lowest BCUT2D eigenvalue weighted by atomic mass is 10.0. The molecule has 0 aliphatic rings. The van der Waals surface area contributed by atoms with Gasteiger partial charge in [0.05, 0.1) is 66.8 Å². The highest BCUT2D eigenvalue weighted by Gasteiger charge is 2.29. The van der Waals surface area contributed by atoms with E-state index in [1.807, 2.05) is 127 Å². The zero-order chi connectivity index (χ0) is 41.1. The van der Waals surface area contributed by atoms with Crippen molar-refractivity contribution in [3.63, 3.8) is 0 Å². The van der Waals surface area contributed by atoms with Crippen LogP contribution in [0.2, 0.25) is 0 Å². The van der Waals surface area contributed by atoms with E-state index >= 15 is 0 Å². The summed E-state index contributed by atoms with van der Waals surface area (Å²) in [5.74, 6) is 0.533. The molecule has 0 radical (unpaired) electrons. The van der Waals surface area contributed by atoms with Crippen molar-refractivity contribution in [2.45, 2.75) is 0 Å². The van der Waals surface area contributed by atoms with Gasteiger partial charge in [-0.3, -0.25) is 0 Å². The summed E-state index contributed by atoms with van der Waals surface area (Å²) in [4.78, 5) is 10.1. The van der Waals surface area contributed by atoms with E-state index in [9.17, 15) is 10.5 Å². The third-order valence-electron chi connectivity index (χ3n) is 12.2. The number of fused-ring (bicyclic) bond motifs is 15. The molecule has 5 aromatic heterocycles. The number of benzene rings is 8. The van der Waals surface area contributed by atoms with Crippen LogP contribution in [0.1, 0.15) is 11.1 Å². The van der Waals surface area contributed by atoms with Crippen molar-refractivity contribution < 1.29 is 8.83 Å². The van der Waals surface area contributed by atoms with E-state index in [0.717, 1.165) is 93.1 Å². The normalized spacial score (nSPS) is 11.8. The molecule has 0 bridgehead atoms. The molecule has 0 aliphatic carbocycles. The predicted molar refractivity (Wildman–Crippen MR) is 246 cm³/mol. The van der Waals surface area contributed by atoms with Crippen molar-refractivity contribution in [3.05, 3.63) is 181 Å². The summed E-state index contributed by atoms with van der Waals surface area (Å²) in [6.45, 7) is 0. The number of nitriles is 2. The smallest absolute Gasteiger partial charge is 0.231 e. The molecule has 0 N–H and O–H groups in total. The number of rotatable bonds is 4. The molecule has 286 valence electrons. The van der Waals surface area contributed by atoms with Gasteiger partial charge in [0.15, 0.2) is 5.82 Å². The highest BCUT2D eigenvalue weighted by Crippen LogP contribution is 2.50. The fourth-order valence-corrected chi connectivity index (χ4v) is 9.63. The Balaban J connectivity index is 1.18. The van der Waals surface area contributed by atoms with Crippen LogP contribution in [0, 0.1) is 22.7 Å².